The highest BCUT2D eigenvalue weighted by molar-refractivity contribution is 14.1. The lowest BCUT2D eigenvalue weighted by Crippen LogP contribution is -1.90. The summed E-state index contributed by atoms with van der Waals surface area (Å²) in [6.45, 7) is 0. The summed E-state index contributed by atoms with van der Waals surface area (Å²) in [6, 6.07) is 13.0. The van der Waals surface area contributed by atoms with Gasteiger partial charge in [0.1, 0.15) is 5.76 Å². The van der Waals surface area contributed by atoms with Gasteiger partial charge >= 0.3 is 0 Å². The van der Waals surface area contributed by atoms with Crippen molar-refractivity contribution in [3.63, 3.8) is 0 Å². The molecule has 0 bridgehead atoms. The van der Waals surface area contributed by atoms with Gasteiger partial charge in [-0.05, 0) is 29.1 Å². The van der Waals surface area contributed by atoms with Gasteiger partial charge in [0, 0.05) is 5.56 Å². The largest absolute Gasteiger partial charge is 0.507 e. The first-order valence-electron chi connectivity index (χ1n) is 5.62. The Morgan fingerprint density at radius 3 is 2.25 bits per heavy atom. The average molecular weight is 512 g/mol. The molecule has 104 valence electrons. The third-order valence-corrected chi connectivity index (χ3v) is 3.98. The Morgan fingerprint density at radius 2 is 1.65 bits per heavy atom. The minimum atomic E-state index is 0.206. The second-order valence-corrected chi connectivity index (χ2v) is 5.56. The molecule has 0 radical (unpaired) electrons. The van der Waals surface area contributed by atoms with Gasteiger partial charge < -0.3 is 11.2 Å². The smallest absolute Gasteiger partial charge is 0.192 e. The molecule has 0 aliphatic carbocycles. The number of benzene rings is 2. The molecule has 0 aromatic heterocycles. The van der Waals surface area contributed by atoms with Crippen LogP contribution in [-0.2, 0) is 0 Å². The van der Waals surface area contributed by atoms with E-state index in [1.54, 1.807) is 64.2 Å². The van der Waals surface area contributed by atoms with E-state index < -0.39 is 0 Å². The van der Waals surface area contributed by atoms with Crippen molar-refractivity contribution in [3.05, 3.63) is 53.6 Å². The van der Waals surface area contributed by atoms with E-state index in [0.29, 0.717) is 11.5 Å². The fourth-order valence-electron chi connectivity index (χ4n) is 1.63. The molecule has 0 fully saturated rings. The number of halogens is 2. The predicted octanol–water partition coefficient (Wildman–Crippen LogP) is 4.70. The molecule has 1 atom stereocenters. The third-order valence-electron chi connectivity index (χ3n) is 2.64. The van der Waals surface area contributed by atoms with Crippen LogP contribution in [0.3, 0.4) is 0 Å². The average Bonchev–Trinajstić information content (AvgIpc) is 2.47. The molecule has 0 heterocycles. The molecule has 0 saturated heterocycles. The van der Waals surface area contributed by atoms with Crippen molar-refractivity contribution < 1.29 is 11.2 Å². The van der Waals surface area contributed by atoms with E-state index in [1.165, 1.54) is 0 Å². The SMILES string of the molecule is O/C(=C\c1ccc(OI)c(OI)c1)c1ccc(P)cc1. The second kappa shape index (κ2) is 7.47. The molecule has 0 saturated carbocycles. The van der Waals surface area contributed by atoms with Crippen LogP contribution in [0.1, 0.15) is 11.1 Å². The van der Waals surface area contributed by atoms with Crippen molar-refractivity contribution in [1.29, 1.82) is 0 Å². The maximum atomic E-state index is 10.1. The summed E-state index contributed by atoms with van der Waals surface area (Å²) in [6.07, 6.45) is 1.69. The van der Waals surface area contributed by atoms with Gasteiger partial charge in [0.2, 0.25) is 0 Å². The van der Waals surface area contributed by atoms with Crippen LogP contribution >= 0.6 is 55.3 Å². The quantitative estimate of drug-likeness (QED) is 0.280. The first kappa shape index (κ1) is 15.9. The van der Waals surface area contributed by atoms with Crippen molar-refractivity contribution >= 4 is 72.4 Å². The maximum absolute atomic E-state index is 10.1. The molecule has 3 nitrogen and oxygen atoms in total. The molecule has 20 heavy (non-hydrogen) atoms. The van der Waals surface area contributed by atoms with E-state index in [0.717, 1.165) is 16.4 Å². The summed E-state index contributed by atoms with van der Waals surface area (Å²) < 4.78 is 10.4. The van der Waals surface area contributed by atoms with E-state index in [9.17, 15) is 5.11 Å². The molecule has 0 aliphatic heterocycles. The van der Waals surface area contributed by atoms with Crippen molar-refractivity contribution in [1.82, 2.24) is 0 Å². The molecular formula is C14H11I2O3P. The zero-order valence-corrected chi connectivity index (χ0v) is 15.7. The van der Waals surface area contributed by atoms with Crippen LogP contribution in [0.5, 0.6) is 11.5 Å². The van der Waals surface area contributed by atoms with Crippen LogP contribution < -0.4 is 11.4 Å². The molecule has 1 N–H and O–H groups in total. The molecule has 2 rings (SSSR count). The molecule has 6 heteroatoms. The lowest BCUT2D eigenvalue weighted by Gasteiger charge is -2.06. The number of hydrogen-bond donors (Lipinski definition) is 1. The maximum Gasteiger partial charge on any atom is 0.192 e. The highest BCUT2D eigenvalue weighted by Crippen LogP contribution is 2.32. The summed E-state index contributed by atoms with van der Waals surface area (Å²) in [5, 5.41) is 11.2. The molecule has 1 unspecified atom stereocenters. The zero-order chi connectivity index (χ0) is 14.5. The van der Waals surface area contributed by atoms with Crippen LogP contribution in [0.2, 0.25) is 0 Å². The Bertz CT molecular complexity index is 627. The Labute approximate surface area is 148 Å². The summed E-state index contributed by atoms with van der Waals surface area (Å²) in [5.41, 5.74) is 1.60. The predicted molar refractivity (Wildman–Crippen MR) is 102 cm³/mol. The van der Waals surface area contributed by atoms with Crippen LogP contribution in [0.15, 0.2) is 42.5 Å². The van der Waals surface area contributed by atoms with Crippen LogP contribution in [0.4, 0.5) is 0 Å². The van der Waals surface area contributed by atoms with Crippen molar-refractivity contribution in [2.24, 2.45) is 0 Å². The van der Waals surface area contributed by atoms with Gasteiger partial charge in [0.25, 0.3) is 0 Å². The van der Waals surface area contributed by atoms with Gasteiger partial charge in [0.05, 0.1) is 0 Å². The van der Waals surface area contributed by atoms with Crippen molar-refractivity contribution in [2.45, 2.75) is 0 Å². The fraction of sp³-hybridized carbons (Fsp3) is 0. The lowest BCUT2D eigenvalue weighted by molar-refractivity contribution is 0.515. The van der Waals surface area contributed by atoms with E-state index in [-0.39, 0.29) is 5.76 Å². The van der Waals surface area contributed by atoms with Crippen LogP contribution in [-0.4, -0.2) is 5.11 Å². The Morgan fingerprint density at radius 1 is 1.00 bits per heavy atom. The highest BCUT2D eigenvalue weighted by Gasteiger charge is 2.06. The molecule has 0 spiro atoms. The van der Waals surface area contributed by atoms with Crippen LogP contribution in [0.25, 0.3) is 11.8 Å². The second-order valence-electron chi connectivity index (χ2n) is 4.01. The lowest BCUT2D eigenvalue weighted by atomic mass is 10.1. The minimum Gasteiger partial charge on any atom is -0.507 e. The standard InChI is InChI=1S/C14H11I2O3P/c15-18-13-6-1-9(8-14(13)19-16)7-12(17)10-2-4-11(20)5-3-10/h1-8,17H,20H2/b12-7-. The van der Waals surface area contributed by atoms with E-state index in [4.69, 9.17) is 6.13 Å². The zero-order valence-electron chi connectivity index (χ0n) is 10.2. The Hall–Kier alpha value is -0.530. The van der Waals surface area contributed by atoms with E-state index in [1.807, 2.05) is 30.3 Å². The molecule has 2 aromatic rings. The first-order chi connectivity index (χ1) is 9.63. The van der Waals surface area contributed by atoms with Gasteiger partial charge in [-0.2, -0.15) is 0 Å². The molecular weight excluding hydrogens is 501 g/mol. The number of rotatable bonds is 4. The molecule has 2 aromatic carbocycles. The van der Waals surface area contributed by atoms with E-state index >= 15 is 0 Å². The van der Waals surface area contributed by atoms with Crippen LogP contribution in [0, 0.1) is 0 Å². The van der Waals surface area contributed by atoms with E-state index in [2.05, 4.69) is 9.24 Å². The third kappa shape index (κ3) is 3.99. The summed E-state index contributed by atoms with van der Waals surface area (Å²) >= 11 is 3.60. The number of aliphatic hydroxyl groups excluding tert-OH is 1. The highest BCUT2D eigenvalue weighted by atomic mass is 127. The summed E-state index contributed by atoms with van der Waals surface area (Å²) in [7, 11) is 2.61. The summed E-state index contributed by atoms with van der Waals surface area (Å²) in [5.74, 6) is 1.46. The summed E-state index contributed by atoms with van der Waals surface area (Å²) in [4.78, 5) is 0. The Balaban J connectivity index is 2.32. The number of aliphatic hydroxyl groups is 1. The molecule has 0 aliphatic rings. The first-order valence-corrected chi connectivity index (χ1v) is 7.95. The van der Waals surface area contributed by atoms with Gasteiger partial charge in [-0.25, -0.2) is 0 Å². The van der Waals surface area contributed by atoms with Crippen molar-refractivity contribution in [3.8, 4) is 11.5 Å². The van der Waals surface area contributed by atoms with Gasteiger partial charge in [0.15, 0.2) is 57.5 Å². The van der Waals surface area contributed by atoms with Gasteiger partial charge in [-0.3, -0.25) is 0 Å². The van der Waals surface area contributed by atoms with Crippen molar-refractivity contribution in [2.75, 3.05) is 0 Å². The minimum absolute atomic E-state index is 0.206. The van der Waals surface area contributed by atoms with Gasteiger partial charge in [-0.1, -0.05) is 30.3 Å². The Kier molecular flexibility index (Phi) is 5.92. The van der Waals surface area contributed by atoms with Gasteiger partial charge in [-0.15, -0.1) is 9.24 Å². The fourth-order valence-corrected chi connectivity index (χ4v) is 2.53. The molecule has 0 amide bonds. The number of hydrogen-bond acceptors (Lipinski definition) is 3. The normalized spacial score (nSPS) is 11.2. The monoisotopic (exact) mass is 512 g/mol. The topological polar surface area (TPSA) is 38.7 Å².